The smallest absolute Gasteiger partial charge is 0.338 e. The summed E-state index contributed by atoms with van der Waals surface area (Å²) < 4.78 is 26.6. The lowest BCUT2D eigenvalue weighted by Crippen LogP contribution is -2.04. The van der Waals surface area contributed by atoms with E-state index in [0.29, 0.717) is 17.8 Å². The number of aromatic carboxylic acids is 1. The Balaban J connectivity index is 2.92. The van der Waals surface area contributed by atoms with Crippen LogP contribution in [0.5, 0.6) is 0 Å². The summed E-state index contributed by atoms with van der Waals surface area (Å²) in [5.41, 5.74) is -0.639. The van der Waals surface area contributed by atoms with Crippen LogP contribution in [0.25, 0.3) is 0 Å². The molecule has 1 unspecified atom stereocenters. The number of halogens is 2. The van der Waals surface area contributed by atoms with Gasteiger partial charge in [-0.15, -0.1) is 0 Å². The number of rotatable bonds is 5. The molecule has 1 atom stereocenters. The normalized spacial score (nSPS) is 12.2. The molecule has 1 aromatic carbocycles. The maximum atomic E-state index is 13.5. The molecule has 0 saturated carbocycles. The van der Waals surface area contributed by atoms with E-state index in [-0.39, 0.29) is 22.3 Å². The molecule has 19 heavy (non-hydrogen) atoms. The first-order chi connectivity index (χ1) is 8.85. The molecule has 0 amide bonds. The standard InChI is InChI=1S/C13H14F2O3S/c1-3-7(2)4-12(16)19-11-5-8(13(17)18)9(14)6-10(11)15/h5-7H,3-4H2,1-2H3,(H,17,18). The zero-order valence-corrected chi connectivity index (χ0v) is 11.4. The van der Waals surface area contributed by atoms with Gasteiger partial charge in [0, 0.05) is 12.5 Å². The second kappa shape index (κ2) is 6.65. The highest BCUT2D eigenvalue weighted by Gasteiger charge is 2.18. The molecule has 0 spiro atoms. The summed E-state index contributed by atoms with van der Waals surface area (Å²) in [5, 5.41) is 8.47. The van der Waals surface area contributed by atoms with Gasteiger partial charge in [-0.1, -0.05) is 20.3 Å². The molecular formula is C13H14F2O3S. The summed E-state index contributed by atoms with van der Waals surface area (Å²) in [6.45, 7) is 3.83. The number of thioether (sulfide) groups is 1. The van der Waals surface area contributed by atoms with Crippen LogP contribution in [0.1, 0.15) is 37.0 Å². The van der Waals surface area contributed by atoms with Gasteiger partial charge < -0.3 is 5.11 Å². The van der Waals surface area contributed by atoms with E-state index in [1.54, 1.807) is 0 Å². The number of carbonyl (C=O) groups excluding carboxylic acids is 1. The van der Waals surface area contributed by atoms with Crippen LogP contribution in [-0.2, 0) is 4.79 Å². The summed E-state index contributed by atoms with van der Waals surface area (Å²) in [5.74, 6) is -3.40. The van der Waals surface area contributed by atoms with Gasteiger partial charge in [-0.3, -0.25) is 4.79 Å². The minimum absolute atomic E-state index is 0.160. The van der Waals surface area contributed by atoms with Crippen LogP contribution < -0.4 is 0 Å². The van der Waals surface area contributed by atoms with Crippen LogP contribution in [0.2, 0.25) is 0 Å². The Bertz CT molecular complexity index is 503. The summed E-state index contributed by atoms with van der Waals surface area (Å²) >= 11 is 0.610. The van der Waals surface area contributed by atoms with Crippen molar-refractivity contribution in [3.05, 3.63) is 29.3 Å². The summed E-state index contributed by atoms with van der Waals surface area (Å²) in [7, 11) is 0. The molecule has 0 radical (unpaired) electrons. The van der Waals surface area contributed by atoms with Gasteiger partial charge in [0.2, 0.25) is 0 Å². The lowest BCUT2D eigenvalue weighted by molar-refractivity contribution is -0.111. The highest BCUT2D eigenvalue weighted by atomic mass is 32.2. The lowest BCUT2D eigenvalue weighted by atomic mass is 10.1. The van der Waals surface area contributed by atoms with E-state index >= 15 is 0 Å². The van der Waals surface area contributed by atoms with Crippen molar-refractivity contribution in [3.63, 3.8) is 0 Å². The average molecular weight is 288 g/mol. The van der Waals surface area contributed by atoms with E-state index in [1.807, 2.05) is 13.8 Å². The fourth-order valence-electron chi connectivity index (χ4n) is 1.36. The van der Waals surface area contributed by atoms with Crippen LogP contribution in [0.4, 0.5) is 8.78 Å². The van der Waals surface area contributed by atoms with Gasteiger partial charge in [0.1, 0.15) is 11.6 Å². The Morgan fingerprint density at radius 3 is 2.47 bits per heavy atom. The number of carboxylic acid groups (broad SMARTS) is 1. The first-order valence-electron chi connectivity index (χ1n) is 5.78. The predicted octanol–water partition coefficient (Wildman–Crippen LogP) is 3.72. The van der Waals surface area contributed by atoms with Crippen LogP contribution >= 0.6 is 11.8 Å². The molecular weight excluding hydrogens is 274 g/mol. The van der Waals surface area contributed by atoms with Crippen molar-refractivity contribution in [1.29, 1.82) is 0 Å². The average Bonchev–Trinajstić information content (AvgIpc) is 2.31. The quantitative estimate of drug-likeness (QED) is 0.839. The van der Waals surface area contributed by atoms with Crippen LogP contribution in [-0.4, -0.2) is 16.2 Å². The third-order valence-corrected chi connectivity index (χ3v) is 3.61. The SMILES string of the molecule is CCC(C)CC(=O)Sc1cc(C(=O)O)c(F)cc1F. The Morgan fingerprint density at radius 2 is 1.95 bits per heavy atom. The molecule has 1 N–H and O–H groups in total. The van der Waals surface area contributed by atoms with Crippen LogP contribution in [0, 0.1) is 17.6 Å². The maximum Gasteiger partial charge on any atom is 0.338 e. The number of hydrogen-bond acceptors (Lipinski definition) is 3. The minimum Gasteiger partial charge on any atom is -0.478 e. The van der Waals surface area contributed by atoms with Gasteiger partial charge in [-0.2, -0.15) is 0 Å². The van der Waals surface area contributed by atoms with E-state index in [9.17, 15) is 18.4 Å². The summed E-state index contributed by atoms with van der Waals surface area (Å²) in [6, 6.07) is 1.34. The molecule has 1 aromatic rings. The van der Waals surface area contributed by atoms with Crippen LogP contribution in [0.15, 0.2) is 17.0 Å². The van der Waals surface area contributed by atoms with Gasteiger partial charge in [-0.25, -0.2) is 13.6 Å². The monoisotopic (exact) mass is 288 g/mol. The van der Waals surface area contributed by atoms with Crippen molar-refractivity contribution in [2.75, 3.05) is 0 Å². The molecule has 1 rings (SSSR count). The molecule has 0 saturated heterocycles. The minimum atomic E-state index is -1.49. The van der Waals surface area contributed by atoms with Crippen LogP contribution in [0.3, 0.4) is 0 Å². The fraction of sp³-hybridized carbons (Fsp3) is 0.385. The molecule has 0 fully saturated rings. The van der Waals surface area contributed by atoms with E-state index in [4.69, 9.17) is 5.11 Å². The highest BCUT2D eigenvalue weighted by Crippen LogP contribution is 2.28. The summed E-state index contributed by atoms with van der Waals surface area (Å²) in [6.07, 6.45) is 1.08. The second-order valence-corrected chi connectivity index (χ2v) is 5.36. The molecule has 0 aliphatic rings. The van der Waals surface area contributed by atoms with Gasteiger partial charge in [0.15, 0.2) is 5.12 Å². The zero-order valence-electron chi connectivity index (χ0n) is 10.6. The molecule has 0 bridgehead atoms. The van der Waals surface area contributed by atoms with Crippen molar-refractivity contribution in [3.8, 4) is 0 Å². The van der Waals surface area contributed by atoms with Crippen molar-refractivity contribution in [1.82, 2.24) is 0 Å². The van der Waals surface area contributed by atoms with Gasteiger partial charge in [0.05, 0.1) is 10.5 Å². The number of benzene rings is 1. The molecule has 3 nitrogen and oxygen atoms in total. The number of carboxylic acids is 1. The number of carbonyl (C=O) groups is 2. The van der Waals surface area contributed by atoms with Gasteiger partial charge in [0.25, 0.3) is 0 Å². The third-order valence-electron chi connectivity index (χ3n) is 2.69. The fourth-order valence-corrected chi connectivity index (χ4v) is 2.31. The number of hydrogen-bond donors (Lipinski definition) is 1. The van der Waals surface area contributed by atoms with Crippen molar-refractivity contribution >= 4 is 22.8 Å². The second-order valence-electron chi connectivity index (χ2n) is 4.26. The topological polar surface area (TPSA) is 54.4 Å². The Kier molecular flexibility index (Phi) is 5.47. The van der Waals surface area contributed by atoms with E-state index < -0.39 is 23.2 Å². The largest absolute Gasteiger partial charge is 0.478 e. The molecule has 0 aliphatic heterocycles. The first-order valence-corrected chi connectivity index (χ1v) is 6.59. The molecule has 0 heterocycles. The molecule has 104 valence electrons. The Labute approximate surface area is 114 Å². The Morgan fingerprint density at radius 1 is 1.32 bits per heavy atom. The maximum absolute atomic E-state index is 13.5. The highest BCUT2D eigenvalue weighted by molar-refractivity contribution is 8.13. The van der Waals surface area contributed by atoms with Crippen molar-refractivity contribution in [2.24, 2.45) is 5.92 Å². The van der Waals surface area contributed by atoms with E-state index in [0.717, 1.165) is 12.5 Å². The molecule has 0 aromatic heterocycles. The van der Waals surface area contributed by atoms with E-state index in [2.05, 4.69) is 0 Å². The molecule has 0 aliphatic carbocycles. The van der Waals surface area contributed by atoms with Gasteiger partial charge in [-0.05, 0) is 23.7 Å². The van der Waals surface area contributed by atoms with Crippen molar-refractivity contribution in [2.45, 2.75) is 31.6 Å². The lowest BCUT2D eigenvalue weighted by Gasteiger charge is -2.08. The van der Waals surface area contributed by atoms with E-state index in [1.165, 1.54) is 0 Å². The molecule has 6 heteroatoms. The first kappa shape index (κ1) is 15.6. The van der Waals surface area contributed by atoms with Gasteiger partial charge >= 0.3 is 5.97 Å². The predicted molar refractivity (Wildman–Crippen MR) is 68.3 cm³/mol. The zero-order chi connectivity index (χ0) is 14.6. The summed E-state index contributed by atoms with van der Waals surface area (Å²) in [4.78, 5) is 22.2. The Hall–Kier alpha value is -1.43. The van der Waals surface area contributed by atoms with Crippen molar-refractivity contribution < 1.29 is 23.5 Å². The third kappa shape index (κ3) is 4.31.